The van der Waals surface area contributed by atoms with Crippen LogP contribution in [0.2, 0.25) is 0 Å². The van der Waals surface area contributed by atoms with Crippen molar-refractivity contribution in [1.29, 1.82) is 0 Å². The number of nitrogens with zero attached hydrogens (tertiary/aromatic N) is 1. The Morgan fingerprint density at radius 1 is 1.65 bits per heavy atom. The molecule has 2 atom stereocenters. The molecule has 0 saturated carbocycles. The van der Waals surface area contributed by atoms with Gasteiger partial charge in [-0.15, -0.1) is 0 Å². The van der Waals surface area contributed by atoms with Crippen molar-refractivity contribution < 1.29 is 14.3 Å². The first-order valence-corrected chi connectivity index (χ1v) is 5.58. The average Bonchev–Trinajstić information content (AvgIpc) is 2.73. The molecule has 2 heterocycles. The molecule has 1 N–H and O–H groups in total. The number of carbonyl (C=O) groups excluding carboxylic acids is 2. The number of rotatable bonds is 3. The van der Waals surface area contributed by atoms with Gasteiger partial charge in [-0.25, -0.2) is 4.79 Å². The van der Waals surface area contributed by atoms with E-state index in [2.05, 4.69) is 10.3 Å². The van der Waals surface area contributed by atoms with Crippen LogP contribution in [0.25, 0.3) is 0 Å². The normalized spacial score (nSPS) is 23.2. The van der Waals surface area contributed by atoms with Crippen molar-refractivity contribution in [2.75, 3.05) is 6.61 Å². The molecule has 0 aromatic carbocycles. The van der Waals surface area contributed by atoms with E-state index in [4.69, 9.17) is 4.74 Å². The molecule has 5 heteroatoms. The molecule has 1 aliphatic rings. The first-order valence-electron chi connectivity index (χ1n) is 5.58. The molecule has 17 heavy (non-hydrogen) atoms. The average molecular weight is 234 g/mol. The summed E-state index contributed by atoms with van der Waals surface area (Å²) in [5.74, 6) is -0.695. The van der Waals surface area contributed by atoms with Crippen LogP contribution in [-0.2, 0) is 14.3 Å². The largest absolute Gasteiger partial charge is 0.464 e. The number of aromatic nitrogens is 1. The predicted octanol–water partition coefficient (Wildman–Crippen LogP) is 0.617. The summed E-state index contributed by atoms with van der Waals surface area (Å²) in [4.78, 5) is 27.1. The molecule has 90 valence electrons. The Labute approximate surface area is 99.2 Å². The van der Waals surface area contributed by atoms with Crippen LogP contribution in [0.5, 0.6) is 0 Å². The van der Waals surface area contributed by atoms with Crippen molar-refractivity contribution in [2.45, 2.75) is 25.3 Å². The summed E-state index contributed by atoms with van der Waals surface area (Å²) < 4.78 is 4.95. The third kappa shape index (κ3) is 2.43. The molecule has 2 unspecified atom stereocenters. The summed E-state index contributed by atoms with van der Waals surface area (Å²) in [6.45, 7) is 2.05. The fraction of sp³-hybridized carbons (Fsp3) is 0.417. The number of carbonyl (C=O) groups is 2. The zero-order chi connectivity index (χ0) is 12.3. The van der Waals surface area contributed by atoms with Gasteiger partial charge in [-0.3, -0.25) is 9.78 Å². The van der Waals surface area contributed by atoms with Gasteiger partial charge in [-0.05, 0) is 18.6 Å². The topological polar surface area (TPSA) is 68.3 Å². The molecule has 1 fully saturated rings. The Balaban J connectivity index is 2.20. The minimum atomic E-state index is -0.591. The maximum Gasteiger partial charge on any atom is 0.329 e. The fourth-order valence-electron chi connectivity index (χ4n) is 2.01. The summed E-state index contributed by atoms with van der Waals surface area (Å²) in [5.41, 5.74) is 0.879. The van der Waals surface area contributed by atoms with E-state index in [-0.39, 0.29) is 17.8 Å². The quantitative estimate of drug-likeness (QED) is 0.778. The van der Waals surface area contributed by atoms with E-state index in [9.17, 15) is 9.59 Å². The van der Waals surface area contributed by atoms with E-state index in [1.54, 1.807) is 25.4 Å². The van der Waals surface area contributed by atoms with Gasteiger partial charge in [0.1, 0.15) is 6.04 Å². The Hall–Kier alpha value is -1.91. The maximum absolute atomic E-state index is 11.7. The number of pyridine rings is 1. The number of ether oxygens (including phenoxy) is 1. The molecule has 2 rings (SSSR count). The Kier molecular flexibility index (Phi) is 3.37. The number of amides is 1. The van der Waals surface area contributed by atoms with Gasteiger partial charge < -0.3 is 10.1 Å². The molecule has 1 saturated heterocycles. The van der Waals surface area contributed by atoms with E-state index in [1.165, 1.54) is 0 Å². The summed E-state index contributed by atoms with van der Waals surface area (Å²) >= 11 is 0. The van der Waals surface area contributed by atoms with Crippen molar-refractivity contribution in [1.82, 2.24) is 10.3 Å². The van der Waals surface area contributed by atoms with Crippen LogP contribution >= 0.6 is 0 Å². The van der Waals surface area contributed by atoms with Crippen LogP contribution in [-0.4, -0.2) is 29.5 Å². The monoisotopic (exact) mass is 234 g/mol. The highest BCUT2D eigenvalue weighted by atomic mass is 16.5. The van der Waals surface area contributed by atoms with Crippen molar-refractivity contribution in [3.63, 3.8) is 0 Å². The molecular formula is C12H14N2O3. The third-order valence-corrected chi connectivity index (χ3v) is 2.78. The molecular weight excluding hydrogens is 220 g/mol. The number of hydrogen-bond donors (Lipinski definition) is 1. The van der Waals surface area contributed by atoms with Gasteiger partial charge in [0.15, 0.2) is 0 Å². The van der Waals surface area contributed by atoms with Crippen molar-refractivity contribution >= 4 is 11.9 Å². The smallest absolute Gasteiger partial charge is 0.329 e. The van der Waals surface area contributed by atoms with E-state index in [1.807, 2.05) is 6.07 Å². The lowest BCUT2D eigenvalue weighted by Crippen LogP contribution is -2.37. The third-order valence-electron chi connectivity index (χ3n) is 2.78. The molecule has 0 aliphatic carbocycles. The van der Waals surface area contributed by atoms with Gasteiger partial charge in [0.05, 0.1) is 6.61 Å². The lowest BCUT2D eigenvalue weighted by molar-refractivity contribution is -0.146. The first kappa shape index (κ1) is 11.6. The summed E-state index contributed by atoms with van der Waals surface area (Å²) in [5, 5.41) is 2.65. The highest BCUT2D eigenvalue weighted by molar-refractivity contribution is 5.90. The van der Waals surface area contributed by atoms with Gasteiger partial charge in [-0.1, -0.05) is 6.07 Å². The van der Waals surface area contributed by atoms with Gasteiger partial charge in [-0.2, -0.15) is 0 Å². The first-order chi connectivity index (χ1) is 8.22. The Bertz CT molecular complexity index is 419. The lowest BCUT2D eigenvalue weighted by Gasteiger charge is -2.16. The second-order valence-electron chi connectivity index (χ2n) is 3.89. The van der Waals surface area contributed by atoms with Crippen LogP contribution in [0.4, 0.5) is 0 Å². The molecule has 1 amide bonds. The summed E-state index contributed by atoms with van der Waals surface area (Å²) in [6.07, 6.45) is 3.64. The molecule has 1 aromatic heterocycles. The minimum absolute atomic E-state index is 0.128. The van der Waals surface area contributed by atoms with Crippen molar-refractivity contribution in [2.24, 2.45) is 0 Å². The van der Waals surface area contributed by atoms with Gasteiger partial charge >= 0.3 is 5.97 Å². The van der Waals surface area contributed by atoms with Crippen LogP contribution in [0.3, 0.4) is 0 Å². The SMILES string of the molecule is CCOC(=O)C1NC(=O)CC1c1cccnc1. The van der Waals surface area contributed by atoms with E-state index < -0.39 is 6.04 Å². The van der Waals surface area contributed by atoms with Crippen LogP contribution in [0, 0.1) is 0 Å². The fourth-order valence-corrected chi connectivity index (χ4v) is 2.01. The van der Waals surface area contributed by atoms with Crippen LogP contribution in [0.1, 0.15) is 24.8 Å². The van der Waals surface area contributed by atoms with E-state index in [0.29, 0.717) is 13.0 Å². The number of nitrogens with one attached hydrogen (secondary N) is 1. The minimum Gasteiger partial charge on any atom is -0.464 e. The molecule has 5 nitrogen and oxygen atoms in total. The standard InChI is InChI=1S/C12H14N2O3/c1-2-17-12(16)11-9(6-10(15)14-11)8-4-3-5-13-7-8/h3-5,7,9,11H,2,6H2,1H3,(H,14,15). The van der Waals surface area contributed by atoms with Gasteiger partial charge in [0.2, 0.25) is 5.91 Å². The molecule has 0 bridgehead atoms. The Morgan fingerprint density at radius 3 is 3.12 bits per heavy atom. The van der Waals surface area contributed by atoms with E-state index >= 15 is 0 Å². The van der Waals surface area contributed by atoms with Gasteiger partial charge in [0, 0.05) is 24.7 Å². The molecule has 1 aliphatic heterocycles. The summed E-state index contributed by atoms with van der Waals surface area (Å²) in [6, 6.07) is 3.07. The molecule has 0 radical (unpaired) electrons. The maximum atomic E-state index is 11.7. The molecule has 0 spiro atoms. The van der Waals surface area contributed by atoms with Crippen LogP contribution in [0.15, 0.2) is 24.5 Å². The summed E-state index contributed by atoms with van der Waals surface area (Å²) in [7, 11) is 0. The van der Waals surface area contributed by atoms with E-state index in [0.717, 1.165) is 5.56 Å². The zero-order valence-corrected chi connectivity index (χ0v) is 9.55. The molecule has 1 aromatic rings. The lowest BCUT2D eigenvalue weighted by atomic mass is 9.93. The van der Waals surface area contributed by atoms with Gasteiger partial charge in [0.25, 0.3) is 0 Å². The second kappa shape index (κ2) is 4.95. The Morgan fingerprint density at radius 2 is 2.47 bits per heavy atom. The highest BCUT2D eigenvalue weighted by Crippen LogP contribution is 2.28. The highest BCUT2D eigenvalue weighted by Gasteiger charge is 2.39. The number of esters is 1. The zero-order valence-electron chi connectivity index (χ0n) is 9.55. The van der Waals surface area contributed by atoms with Crippen molar-refractivity contribution in [3.8, 4) is 0 Å². The number of hydrogen-bond acceptors (Lipinski definition) is 4. The predicted molar refractivity (Wildman–Crippen MR) is 60.2 cm³/mol. The van der Waals surface area contributed by atoms with Crippen molar-refractivity contribution in [3.05, 3.63) is 30.1 Å². The van der Waals surface area contributed by atoms with Crippen LogP contribution < -0.4 is 5.32 Å². The second-order valence-corrected chi connectivity index (χ2v) is 3.89.